The van der Waals surface area contributed by atoms with Crippen molar-refractivity contribution in [1.29, 1.82) is 0 Å². The molecule has 0 spiro atoms. The summed E-state index contributed by atoms with van der Waals surface area (Å²) in [4.78, 5) is 30.3. The molecule has 0 aliphatic heterocycles. The van der Waals surface area contributed by atoms with Crippen LogP contribution < -0.4 is 11.2 Å². The van der Waals surface area contributed by atoms with Crippen LogP contribution in [0.2, 0.25) is 0 Å². The van der Waals surface area contributed by atoms with E-state index in [-0.39, 0.29) is 16.9 Å². The standard InChI is InChI=1S/C17H21FN2O3/c1-3-17(7-8-17)6-4-5-11-9-12(21)23-16-13(11)15(22)19-14(20-16)10(2)18/h9-10H,3-8H2,1-2H3,(H,19,20,22). The molecule has 0 saturated heterocycles. The Hall–Kier alpha value is -1.98. The summed E-state index contributed by atoms with van der Waals surface area (Å²) in [5, 5.41) is 0.260. The zero-order chi connectivity index (χ0) is 16.6. The zero-order valence-corrected chi connectivity index (χ0v) is 13.4. The number of aromatic amines is 1. The molecule has 2 aromatic heterocycles. The number of alkyl halides is 1. The minimum absolute atomic E-state index is 0.0765. The summed E-state index contributed by atoms with van der Waals surface area (Å²) in [6.07, 6.45) is 4.90. The molecule has 0 radical (unpaired) electrons. The SMILES string of the molecule is CCC1(CCCc2cc(=O)oc3nc(C(C)F)[nH]c(=O)c23)CC1. The molecule has 3 rings (SSSR count). The highest BCUT2D eigenvalue weighted by Gasteiger charge is 2.39. The van der Waals surface area contributed by atoms with Crippen LogP contribution in [0.15, 0.2) is 20.1 Å². The average Bonchev–Trinajstić information content (AvgIpc) is 3.26. The summed E-state index contributed by atoms with van der Waals surface area (Å²) in [5.41, 5.74) is 0.0171. The number of halogens is 1. The molecule has 0 bridgehead atoms. The van der Waals surface area contributed by atoms with Crippen molar-refractivity contribution in [1.82, 2.24) is 9.97 Å². The van der Waals surface area contributed by atoms with E-state index in [1.807, 2.05) is 0 Å². The van der Waals surface area contributed by atoms with Gasteiger partial charge in [0.15, 0.2) is 6.17 Å². The smallest absolute Gasteiger partial charge is 0.337 e. The zero-order valence-electron chi connectivity index (χ0n) is 13.4. The third kappa shape index (κ3) is 3.21. The summed E-state index contributed by atoms with van der Waals surface area (Å²) in [6.45, 7) is 3.47. The molecule has 1 aliphatic carbocycles. The number of hydrogen-bond donors (Lipinski definition) is 1. The first-order chi connectivity index (χ1) is 10.9. The Labute approximate surface area is 132 Å². The van der Waals surface area contributed by atoms with Gasteiger partial charge in [0.05, 0.1) is 0 Å². The number of rotatable bonds is 6. The van der Waals surface area contributed by atoms with Crippen molar-refractivity contribution in [2.24, 2.45) is 5.41 Å². The average molecular weight is 320 g/mol. The van der Waals surface area contributed by atoms with Crippen LogP contribution in [0, 0.1) is 5.41 Å². The topological polar surface area (TPSA) is 76.0 Å². The minimum atomic E-state index is -1.43. The fourth-order valence-corrected chi connectivity index (χ4v) is 3.16. The van der Waals surface area contributed by atoms with Gasteiger partial charge in [0.25, 0.3) is 5.56 Å². The minimum Gasteiger partial charge on any atom is -0.403 e. The lowest BCUT2D eigenvalue weighted by atomic mass is 9.94. The van der Waals surface area contributed by atoms with E-state index < -0.39 is 17.4 Å². The molecule has 1 atom stereocenters. The maximum atomic E-state index is 13.4. The fourth-order valence-electron chi connectivity index (χ4n) is 3.16. The van der Waals surface area contributed by atoms with E-state index in [0.29, 0.717) is 17.4 Å². The van der Waals surface area contributed by atoms with Crippen LogP contribution in [0.5, 0.6) is 0 Å². The lowest BCUT2D eigenvalue weighted by molar-refractivity contribution is 0.354. The fraction of sp³-hybridized carbons (Fsp3) is 0.588. The second-order valence-corrected chi connectivity index (χ2v) is 6.55. The predicted molar refractivity (Wildman–Crippen MR) is 85.3 cm³/mol. The van der Waals surface area contributed by atoms with Gasteiger partial charge in [-0.25, -0.2) is 9.18 Å². The van der Waals surface area contributed by atoms with Crippen LogP contribution in [-0.4, -0.2) is 9.97 Å². The van der Waals surface area contributed by atoms with Gasteiger partial charge in [-0.15, -0.1) is 0 Å². The molecular weight excluding hydrogens is 299 g/mol. The van der Waals surface area contributed by atoms with E-state index in [1.54, 1.807) is 0 Å². The monoisotopic (exact) mass is 320 g/mol. The van der Waals surface area contributed by atoms with Crippen LogP contribution >= 0.6 is 0 Å². The van der Waals surface area contributed by atoms with Crippen molar-refractivity contribution in [2.75, 3.05) is 0 Å². The molecule has 6 heteroatoms. The van der Waals surface area contributed by atoms with Crippen LogP contribution in [0.1, 0.15) is 63.5 Å². The summed E-state index contributed by atoms with van der Waals surface area (Å²) >= 11 is 0. The van der Waals surface area contributed by atoms with E-state index in [9.17, 15) is 14.0 Å². The van der Waals surface area contributed by atoms with Crippen molar-refractivity contribution < 1.29 is 8.81 Å². The Kier molecular flexibility index (Phi) is 4.08. The van der Waals surface area contributed by atoms with Gasteiger partial charge in [-0.2, -0.15) is 4.98 Å². The van der Waals surface area contributed by atoms with E-state index in [4.69, 9.17) is 4.42 Å². The maximum absolute atomic E-state index is 13.4. The number of H-pyrrole nitrogens is 1. The van der Waals surface area contributed by atoms with Gasteiger partial charge in [0, 0.05) is 6.07 Å². The molecule has 0 amide bonds. The molecule has 23 heavy (non-hydrogen) atoms. The number of hydrogen-bond acceptors (Lipinski definition) is 4. The molecule has 5 nitrogen and oxygen atoms in total. The Morgan fingerprint density at radius 1 is 1.43 bits per heavy atom. The highest BCUT2D eigenvalue weighted by atomic mass is 19.1. The molecule has 1 fully saturated rings. The highest BCUT2D eigenvalue weighted by Crippen LogP contribution is 2.52. The van der Waals surface area contributed by atoms with Gasteiger partial charge in [-0.05, 0) is 50.0 Å². The number of nitrogens with zero attached hydrogens (tertiary/aromatic N) is 1. The van der Waals surface area contributed by atoms with Crippen molar-refractivity contribution in [3.8, 4) is 0 Å². The number of nitrogens with one attached hydrogen (secondary N) is 1. The van der Waals surface area contributed by atoms with Crippen molar-refractivity contribution in [3.63, 3.8) is 0 Å². The second kappa shape index (κ2) is 5.91. The van der Waals surface area contributed by atoms with E-state index in [2.05, 4.69) is 16.9 Å². The quantitative estimate of drug-likeness (QED) is 0.885. The Morgan fingerprint density at radius 2 is 2.17 bits per heavy atom. The predicted octanol–water partition coefficient (Wildman–Crippen LogP) is 3.42. The van der Waals surface area contributed by atoms with E-state index in [1.165, 1.54) is 32.3 Å². The number of aryl methyl sites for hydroxylation is 1. The van der Waals surface area contributed by atoms with Gasteiger partial charge in [0.1, 0.15) is 11.2 Å². The molecular formula is C17H21FN2O3. The highest BCUT2D eigenvalue weighted by molar-refractivity contribution is 5.75. The normalized spacial score (nSPS) is 17.3. The Bertz CT molecular complexity index is 834. The Balaban J connectivity index is 1.93. The van der Waals surface area contributed by atoms with E-state index >= 15 is 0 Å². The maximum Gasteiger partial charge on any atom is 0.337 e. The van der Waals surface area contributed by atoms with Gasteiger partial charge >= 0.3 is 5.63 Å². The largest absolute Gasteiger partial charge is 0.403 e. The van der Waals surface area contributed by atoms with Crippen molar-refractivity contribution >= 4 is 11.1 Å². The van der Waals surface area contributed by atoms with E-state index in [0.717, 1.165) is 12.8 Å². The lowest BCUT2D eigenvalue weighted by Gasteiger charge is -2.12. The first kappa shape index (κ1) is 15.9. The number of aromatic nitrogens is 2. The first-order valence-electron chi connectivity index (χ1n) is 8.15. The van der Waals surface area contributed by atoms with Gasteiger partial charge < -0.3 is 9.40 Å². The molecule has 2 aromatic rings. The summed E-state index contributed by atoms with van der Waals surface area (Å²) < 4.78 is 18.4. The second-order valence-electron chi connectivity index (χ2n) is 6.55. The van der Waals surface area contributed by atoms with Gasteiger partial charge in [-0.1, -0.05) is 13.3 Å². The summed E-state index contributed by atoms with van der Waals surface area (Å²) in [5.74, 6) is -0.120. The van der Waals surface area contributed by atoms with Crippen LogP contribution in [-0.2, 0) is 6.42 Å². The number of fused-ring (bicyclic) bond motifs is 1. The third-order valence-corrected chi connectivity index (χ3v) is 4.95. The van der Waals surface area contributed by atoms with Crippen LogP contribution in [0.4, 0.5) is 4.39 Å². The molecule has 1 aliphatic rings. The van der Waals surface area contributed by atoms with Crippen molar-refractivity contribution in [2.45, 2.75) is 58.5 Å². The molecule has 0 aromatic carbocycles. The van der Waals surface area contributed by atoms with Gasteiger partial charge in [0.2, 0.25) is 5.71 Å². The van der Waals surface area contributed by atoms with Gasteiger partial charge in [-0.3, -0.25) is 4.79 Å². The van der Waals surface area contributed by atoms with Crippen LogP contribution in [0.25, 0.3) is 11.1 Å². The molecule has 124 valence electrons. The first-order valence-corrected chi connectivity index (χ1v) is 8.15. The molecule has 1 saturated carbocycles. The third-order valence-electron chi connectivity index (χ3n) is 4.95. The van der Waals surface area contributed by atoms with Crippen molar-refractivity contribution in [3.05, 3.63) is 38.2 Å². The van der Waals surface area contributed by atoms with Crippen LogP contribution in [0.3, 0.4) is 0 Å². The Morgan fingerprint density at radius 3 is 2.78 bits per heavy atom. The summed E-state index contributed by atoms with van der Waals surface area (Å²) in [7, 11) is 0. The molecule has 1 N–H and O–H groups in total. The lowest BCUT2D eigenvalue weighted by Crippen LogP contribution is -2.16. The molecule has 1 unspecified atom stereocenters. The summed E-state index contributed by atoms with van der Waals surface area (Å²) in [6, 6.07) is 1.35. The molecule has 2 heterocycles.